The number of piperidine rings is 1. The maximum atomic E-state index is 11.2. The highest BCUT2D eigenvalue weighted by Crippen LogP contribution is 2.25. The number of carbonyl (C=O) groups excluding carboxylic acids is 1. The minimum atomic E-state index is -0.585. The predicted octanol–water partition coefficient (Wildman–Crippen LogP) is 2.14. The molecule has 1 aromatic carbocycles. The predicted molar refractivity (Wildman–Crippen MR) is 91.7 cm³/mol. The third kappa shape index (κ3) is 4.03. The zero-order valence-electron chi connectivity index (χ0n) is 13.5. The minimum Gasteiger partial charge on any atom is -0.490 e. The van der Waals surface area contributed by atoms with Crippen LogP contribution in [0, 0.1) is 10.1 Å². The van der Waals surface area contributed by atoms with E-state index >= 15 is 0 Å². The molecule has 1 amide bonds. The number of pyridine rings is 1. The number of nitrogens with zero attached hydrogens (tertiary/aromatic N) is 3. The molecule has 0 radical (unpaired) electrons. The van der Waals surface area contributed by atoms with Gasteiger partial charge in [0.05, 0.1) is 4.92 Å². The lowest BCUT2D eigenvalue weighted by atomic mass is 10.1. The van der Waals surface area contributed by atoms with Crippen molar-refractivity contribution in [1.29, 1.82) is 0 Å². The summed E-state index contributed by atoms with van der Waals surface area (Å²) < 4.78 is 5.92. The lowest BCUT2D eigenvalue weighted by Crippen LogP contribution is -2.38. The van der Waals surface area contributed by atoms with E-state index in [1.54, 1.807) is 24.3 Å². The zero-order chi connectivity index (χ0) is 17.8. The van der Waals surface area contributed by atoms with E-state index in [2.05, 4.69) is 9.88 Å². The number of carbonyl (C=O) groups is 1. The van der Waals surface area contributed by atoms with Crippen LogP contribution in [0.1, 0.15) is 23.3 Å². The molecule has 8 nitrogen and oxygen atoms in total. The van der Waals surface area contributed by atoms with Crippen molar-refractivity contribution in [2.75, 3.05) is 18.0 Å². The average Bonchev–Trinajstić information content (AvgIpc) is 2.63. The van der Waals surface area contributed by atoms with Crippen LogP contribution in [0.2, 0.25) is 0 Å². The number of non-ortho nitro benzene ring substituents is 1. The molecule has 0 saturated carbocycles. The summed E-state index contributed by atoms with van der Waals surface area (Å²) in [5.74, 6) is -0.00368. The molecule has 1 fully saturated rings. The van der Waals surface area contributed by atoms with Crippen LogP contribution in [-0.4, -0.2) is 35.0 Å². The van der Waals surface area contributed by atoms with E-state index in [-0.39, 0.29) is 17.5 Å². The fraction of sp³-hybridized carbons (Fsp3) is 0.294. The number of amides is 1. The second-order valence-corrected chi connectivity index (χ2v) is 5.82. The van der Waals surface area contributed by atoms with Crippen LogP contribution in [-0.2, 0) is 0 Å². The maximum Gasteiger partial charge on any atom is 0.269 e. The molecule has 3 rings (SSSR count). The lowest BCUT2D eigenvalue weighted by molar-refractivity contribution is -0.384. The Labute approximate surface area is 144 Å². The van der Waals surface area contributed by atoms with Gasteiger partial charge in [0, 0.05) is 56.0 Å². The lowest BCUT2D eigenvalue weighted by Gasteiger charge is -2.33. The van der Waals surface area contributed by atoms with Crippen molar-refractivity contribution in [1.82, 2.24) is 4.98 Å². The number of hydrogen-bond acceptors (Lipinski definition) is 6. The molecule has 2 aromatic rings. The van der Waals surface area contributed by atoms with Gasteiger partial charge in [-0.2, -0.15) is 0 Å². The number of hydrogen-bond donors (Lipinski definition) is 1. The molecule has 0 unspecified atom stereocenters. The summed E-state index contributed by atoms with van der Waals surface area (Å²) in [5.41, 5.74) is 6.45. The molecule has 0 spiro atoms. The maximum absolute atomic E-state index is 11.2. The van der Waals surface area contributed by atoms with Crippen LogP contribution in [0.4, 0.5) is 11.4 Å². The molecule has 8 heteroatoms. The third-order valence-electron chi connectivity index (χ3n) is 4.15. The molecule has 0 atom stereocenters. The van der Waals surface area contributed by atoms with E-state index < -0.39 is 10.8 Å². The van der Waals surface area contributed by atoms with Crippen LogP contribution in [0.15, 0.2) is 42.6 Å². The molecule has 1 aliphatic heterocycles. The first-order valence-electron chi connectivity index (χ1n) is 7.95. The number of aromatic nitrogens is 1. The summed E-state index contributed by atoms with van der Waals surface area (Å²) >= 11 is 0. The number of anilines is 1. The van der Waals surface area contributed by atoms with Gasteiger partial charge in [-0.1, -0.05) is 0 Å². The van der Waals surface area contributed by atoms with Gasteiger partial charge in [0.15, 0.2) is 0 Å². The van der Waals surface area contributed by atoms with Gasteiger partial charge in [-0.3, -0.25) is 19.9 Å². The van der Waals surface area contributed by atoms with Gasteiger partial charge < -0.3 is 15.4 Å². The first-order chi connectivity index (χ1) is 12.0. The van der Waals surface area contributed by atoms with Crippen LogP contribution >= 0.6 is 0 Å². The standard InChI is InChI=1S/C17H18N4O4/c18-17(22)16-11-15(5-8-19-16)25-14-6-9-20(10-7-14)12-1-3-13(4-2-12)21(23)24/h1-5,8,11,14H,6-7,9-10H2,(H2,18,22). The molecule has 1 aliphatic rings. The number of nitro groups is 1. The Balaban J connectivity index is 1.57. The van der Waals surface area contributed by atoms with Crippen molar-refractivity contribution in [3.63, 3.8) is 0 Å². The number of benzene rings is 1. The minimum absolute atomic E-state index is 0.0393. The summed E-state index contributed by atoms with van der Waals surface area (Å²) in [5, 5.41) is 10.7. The fourth-order valence-corrected chi connectivity index (χ4v) is 2.83. The topological polar surface area (TPSA) is 112 Å². The van der Waals surface area contributed by atoms with E-state index in [1.165, 1.54) is 18.3 Å². The van der Waals surface area contributed by atoms with Crippen LogP contribution in [0.5, 0.6) is 5.75 Å². The zero-order valence-corrected chi connectivity index (χ0v) is 13.5. The Morgan fingerprint density at radius 2 is 1.92 bits per heavy atom. The molecular weight excluding hydrogens is 324 g/mol. The van der Waals surface area contributed by atoms with Gasteiger partial charge in [0.2, 0.25) is 0 Å². The number of nitrogens with two attached hydrogens (primary N) is 1. The molecule has 0 bridgehead atoms. The van der Waals surface area contributed by atoms with Gasteiger partial charge in [-0.05, 0) is 18.2 Å². The monoisotopic (exact) mass is 342 g/mol. The normalized spacial score (nSPS) is 15.0. The van der Waals surface area contributed by atoms with Gasteiger partial charge in [-0.25, -0.2) is 0 Å². The van der Waals surface area contributed by atoms with Crippen LogP contribution in [0.25, 0.3) is 0 Å². The van der Waals surface area contributed by atoms with Crippen molar-refractivity contribution < 1.29 is 14.5 Å². The van der Waals surface area contributed by atoms with E-state index in [9.17, 15) is 14.9 Å². The van der Waals surface area contributed by atoms with Crippen molar-refractivity contribution in [2.24, 2.45) is 5.73 Å². The Kier molecular flexibility index (Phi) is 4.78. The summed E-state index contributed by atoms with van der Waals surface area (Å²) in [7, 11) is 0. The first-order valence-corrected chi connectivity index (χ1v) is 7.95. The number of primary amides is 1. The van der Waals surface area contributed by atoms with Gasteiger partial charge >= 0.3 is 0 Å². The van der Waals surface area contributed by atoms with Crippen molar-refractivity contribution >= 4 is 17.3 Å². The highest BCUT2D eigenvalue weighted by Gasteiger charge is 2.21. The highest BCUT2D eigenvalue weighted by molar-refractivity contribution is 5.91. The Bertz CT molecular complexity index is 770. The Hall–Kier alpha value is -3.16. The molecule has 1 aromatic heterocycles. The molecule has 25 heavy (non-hydrogen) atoms. The molecule has 130 valence electrons. The van der Waals surface area contributed by atoms with Gasteiger partial charge in [0.1, 0.15) is 17.5 Å². The number of rotatable bonds is 5. The molecule has 0 aliphatic carbocycles. The number of ether oxygens (including phenoxy) is 1. The van der Waals surface area contributed by atoms with Crippen molar-refractivity contribution in [3.05, 3.63) is 58.4 Å². The second-order valence-electron chi connectivity index (χ2n) is 5.82. The van der Waals surface area contributed by atoms with E-state index in [0.717, 1.165) is 31.6 Å². The van der Waals surface area contributed by atoms with Gasteiger partial charge in [-0.15, -0.1) is 0 Å². The summed E-state index contributed by atoms with van der Waals surface area (Å²) in [6.45, 7) is 1.58. The Morgan fingerprint density at radius 3 is 2.52 bits per heavy atom. The quantitative estimate of drug-likeness (QED) is 0.658. The van der Waals surface area contributed by atoms with E-state index in [0.29, 0.717) is 5.75 Å². The smallest absolute Gasteiger partial charge is 0.269 e. The van der Waals surface area contributed by atoms with Gasteiger partial charge in [0.25, 0.3) is 11.6 Å². The van der Waals surface area contributed by atoms with Crippen molar-refractivity contribution in [3.8, 4) is 5.75 Å². The van der Waals surface area contributed by atoms with Crippen LogP contribution in [0.3, 0.4) is 0 Å². The second kappa shape index (κ2) is 7.16. The van der Waals surface area contributed by atoms with Crippen molar-refractivity contribution in [2.45, 2.75) is 18.9 Å². The summed E-state index contributed by atoms with van der Waals surface area (Å²) in [6, 6.07) is 9.81. The first kappa shape index (κ1) is 16.7. The molecular formula is C17H18N4O4. The Morgan fingerprint density at radius 1 is 1.24 bits per heavy atom. The number of nitro benzene ring substituents is 1. The fourth-order valence-electron chi connectivity index (χ4n) is 2.83. The molecule has 2 N–H and O–H groups in total. The van der Waals surface area contributed by atoms with Crippen LogP contribution < -0.4 is 15.4 Å². The summed E-state index contributed by atoms with van der Waals surface area (Å²) in [6.07, 6.45) is 3.16. The largest absolute Gasteiger partial charge is 0.490 e. The van der Waals surface area contributed by atoms with E-state index in [4.69, 9.17) is 10.5 Å². The third-order valence-corrected chi connectivity index (χ3v) is 4.15. The highest BCUT2D eigenvalue weighted by atomic mass is 16.6. The average molecular weight is 342 g/mol. The SMILES string of the molecule is NC(=O)c1cc(OC2CCN(c3ccc([N+](=O)[O-])cc3)CC2)ccn1. The molecule has 1 saturated heterocycles. The summed E-state index contributed by atoms with van der Waals surface area (Å²) in [4.78, 5) is 27.5. The molecule has 2 heterocycles. The van der Waals surface area contributed by atoms with E-state index in [1.807, 2.05) is 0 Å².